The van der Waals surface area contributed by atoms with Gasteiger partial charge >= 0.3 is 6.36 Å². The van der Waals surface area contributed by atoms with Gasteiger partial charge in [0.05, 0.1) is 11.3 Å². The van der Waals surface area contributed by atoms with E-state index in [2.05, 4.69) is 20.1 Å². The first-order valence-electron chi connectivity index (χ1n) is 13.4. The Hall–Kier alpha value is -3.87. The Bertz CT molecular complexity index is 1490. The number of fused-ring (bicyclic) bond motifs is 2. The van der Waals surface area contributed by atoms with Gasteiger partial charge in [-0.25, -0.2) is 9.50 Å². The average molecular weight is 558 g/mol. The summed E-state index contributed by atoms with van der Waals surface area (Å²) in [5.74, 6) is -1.15. The summed E-state index contributed by atoms with van der Waals surface area (Å²) in [6.45, 7) is 2.09. The number of alkyl halides is 3. The van der Waals surface area contributed by atoms with Gasteiger partial charge in [-0.15, -0.1) is 18.3 Å². The van der Waals surface area contributed by atoms with Gasteiger partial charge in [-0.1, -0.05) is 0 Å². The summed E-state index contributed by atoms with van der Waals surface area (Å²) in [5, 5.41) is 7.17. The van der Waals surface area contributed by atoms with E-state index in [1.807, 2.05) is 6.92 Å². The number of rotatable bonds is 6. The van der Waals surface area contributed by atoms with Crippen molar-refractivity contribution in [1.29, 1.82) is 0 Å². The van der Waals surface area contributed by atoms with Crippen LogP contribution in [-0.2, 0) is 6.54 Å². The number of halogens is 3. The molecule has 2 aromatic heterocycles. The maximum atomic E-state index is 13.4. The number of hydrogen-bond acceptors (Lipinski definition) is 7. The molecule has 13 heteroatoms. The molecule has 2 aliphatic carbocycles. The van der Waals surface area contributed by atoms with Crippen LogP contribution < -0.4 is 21.5 Å². The fourth-order valence-corrected chi connectivity index (χ4v) is 5.80. The van der Waals surface area contributed by atoms with E-state index in [0.29, 0.717) is 17.0 Å². The minimum atomic E-state index is -4.99. The number of hydrogen-bond donors (Lipinski definition) is 3. The van der Waals surface area contributed by atoms with Gasteiger partial charge < -0.3 is 26.4 Å². The largest absolute Gasteiger partial charge is 0.573 e. The number of anilines is 1. The minimum Gasteiger partial charge on any atom is -0.405 e. The minimum absolute atomic E-state index is 0.0139. The fraction of sp³-hybridized carbons (Fsp3) is 0.481. The molecular weight excluding hydrogens is 527 g/mol. The van der Waals surface area contributed by atoms with Gasteiger partial charge in [-0.3, -0.25) is 9.59 Å². The van der Waals surface area contributed by atoms with E-state index in [0.717, 1.165) is 38.5 Å². The lowest BCUT2D eigenvalue weighted by atomic mass is 9.91. The Morgan fingerprint density at radius 3 is 2.58 bits per heavy atom. The smallest absolute Gasteiger partial charge is 0.405 e. The van der Waals surface area contributed by atoms with E-state index in [4.69, 9.17) is 11.5 Å². The van der Waals surface area contributed by atoms with E-state index in [-0.39, 0.29) is 53.0 Å². The van der Waals surface area contributed by atoms with Crippen LogP contribution in [0, 0.1) is 5.92 Å². The molecule has 0 spiro atoms. The van der Waals surface area contributed by atoms with Crippen molar-refractivity contribution in [2.75, 3.05) is 5.73 Å². The molecule has 0 saturated heterocycles. The van der Waals surface area contributed by atoms with Crippen molar-refractivity contribution in [2.24, 2.45) is 11.7 Å². The zero-order chi connectivity index (χ0) is 28.3. The van der Waals surface area contributed by atoms with Gasteiger partial charge in [-0.05, 0) is 75.1 Å². The molecule has 40 heavy (non-hydrogen) atoms. The monoisotopic (exact) mass is 557 g/mol. The quantitative estimate of drug-likeness (QED) is 0.420. The molecule has 3 aliphatic rings. The number of nitrogens with two attached hydrogens (primary N) is 2. The molecule has 0 unspecified atom stereocenters. The van der Waals surface area contributed by atoms with Crippen LogP contribution in [0.15, 0.2) is 24.4 Å². The molecule has 3 aromatic rings. The maximum Gasteiger partial charge on any atom is 0.573 e. The summed E-state index contributed by atoms with van der Waals surface area (Å²) in [4.78, 5) is 32.6. The fourth-order valence-electron chi connectivity index (χ4n) is 5.80. The summed E-state index contributed by atoms with van der Waals surface area (Å²) in [6, 6.07) is 4.36. The number of nitrogens with zero attached hydrogens (tertiary/aromatic N) is 4. The first kappa shape index (κ1) is 26.4. The summed E-state index contributed by atoms with van der Waals surface area (Å²) in [6.07, 6.45) is 1.62. The molecule has 5 N–H and O–H groups in total. The van der Waals surface area contributed by atoms with Gasteiger partial charge in [0.2, 0.25) is 0 Å². The third-order valence-corrected chi connectivity index (χ3v) is 8.16. The second kappa shape index (κ2) is 9.65. The molecule has 0 radical (unpaired) electrons. The highest BCUT2D eigenvalue weighted by Crippen LogP contribution is 2.42. The number of benzene rings is 1. The van der Waals surface area contributed by atoms with Crippen LogP contribution in [0.1, 0.15) is 71.7 Å². The molecule has 2 saturated carbocycles. The van der Waals surface area contributed by atoms with Crippen molar-refractivity contribution >= 4 is 23.3 Å². The van der Waals surface area contributed by atoms with Crippen LogP contribution >= 0.6 is 0 Å². The van der Waals surface area contributed by atoms with E-state index in [1.165, 1.54) is 16.8 Å². The molecule has 1 atom stereocenters. The molecule has 212 valence electrons. The van der Waals surface area contributed by atoms with Crippen molar-refractivity contribution in [3.05, 3.63) is 41.1 Å². The van der Waals surface area contributed by atoms with Crippen LogP contribution in [0.5, 0.6) is 5.75 Å². The van der Waals surface area contributed by atoms with Crippen LogP contribution in [0.4, 0.5) is 19.0 Å². The van der Waals surface area contributed by atoms with Crippen LogP contribution in [-0.4, -0.2) is 55.8 Å². The molecule has 2 amide bonds. The topological polar surface area (TPSA) is 141 Å². The zero-order valence-electron chi connectivity index (χ0n) is 21.9. The second-order valence-corrected chi connectivity index (χ2v) is 11.0. The summed E-state index contributed by atoms with van der Waals surface area (Å²) < 4.78 is 45.9. The molecule has 1 aliphatic heterocycles. The van der Waals surface area contributed by atoms with Gasteiger partial charge in [0.15, 0.2) is 11.5 Å². The van der Waals surface area contributed by atoms with Crippen molar-refractivity contribution in [3.8, 4) is 17.0 Å². The number of ether oxygens (including phenoxy) is 1. The van der Waals surface area contributed by atoms with Gasteiger partial charge in [0, 0.05) is 36.4 Å². The molecule has 1 aromatic carbocycles. The highest BCUT2D eigenvalue weighted by atomic mass is 19.4. The lowest BCUT2D eigenvalue weighted by molar-refractivity contribution is -0.274. The SMILES string of the molecule is C[C@@H](C1CC1)N1Cc2cc(-c3ccn4nc(N)c(C(=O)N[C@H]5CC[C@H](N)CC5)c4n3)cc(OC(F)(F)F)c2C1=O. The predicted molar refractivity (Wildman–Crippen MR) is 139 cm³/mol. The number of aromatic nitrogens is 3. The number of carbonyl (C=O) groups excluding carboxylic acids is 2. The molecule has 10 nitrogen and oxygen atoms in total. The first-order chi connectivity index (χ1) is 19.0. The number of nitrogen functional groups attached to an aromatic ring is 1. The second-order valence-electron chi connectivity index (χ2n) is 11.0. The Balaban J connectivity index is 1.36. The Morgan fingerprint density at radius 2 is 1.90 bits per heavy atom. The third kappa shape index (κ3) is 4.93. The van der Waals surface area contributed by atoms with Crippen molar-refractivity contribution < 1.29 is 27.5 Å². The van der Waals surface area contributed by atoms with Gasteiger partial charge in [-0.2, -0.15) is 0 Å². The summed E-state index contributed by atoms with van der Waals surface area (Å²) in [5.41, 5.74) is 13.2. The van der Waals surface area contributed by atoms with Crippen LogP contribution in [0.25, 0.3) is 16.9 Å². The number of amides is 2. The van der Waals surface area contributed by atoms with Crippen LogP contribution in [0.2, 0.25) is 0 Å². The van der Waals surface area contributed by atoms with Crippen LogP contribution in [0.3, 0.4) is 0 Å². The standard InChI is InChI=1S/C27H30F3N7O3/c1-13(14-2-3-14)36-12-16-10-15(11-20(21(16)26(36)39)40-27(28,29)30)19-8-9-37-24(34-19)22(23(32)35-37)25(38)33-18-6-4-17(31)5-7-18/h8-11,13-14,17-18H,2-7,12,31H2,1H3,(H2,32,35)(H,33,38)/t13-,17-,18-/m0/s1. The Morgan fingerprint density at radius 1 is 1.18 bits per heavy atom. The van der Waals surface area contributed by atoms with Crippen molar-refractivity contribution in [2.45, 2.75) is 76.5 Å². The molecular formula is C27H30F3N7O3. The van der Waals surface area contributed by atoms with Crippen molar-refractivity contribution in [3.63, 3.8) is 0 Å². The third-order valence-electron chi connectivity index (χ3n) is 8.16. The van der Waals surface area contributed by atoms with E-state index in [1.54, 1.807) is 17.0 Å². The van der Waals surface area contributed by atoms with Gasteiger partial charge in [0.1, 0.15) is 11.3 Å². The maximum absolute atomic E-state index is 13.4. The van der Waals surface area contributed by atoms with Gasteiger partial charge in [0.25, 0.3) is 11.8 Å². The zero-order valence-corrected chi connectivity index (χ0v) is 21.9. The summed E-state index contributed by atoms with van der Waals surface area (Å²) >= 11 is 0. The van der Waals surface area contributed by atoms with E-state index >= 15 is 0 Å². The summed E-state index contributed by atoms with van der Waals surface area (Å²) in [7, 11) is 0. The molecule has 3 heterocycles. The predicted octanol–water partition coefficient (Wildman–Crippen LogP) is 3.63. The molecule has 6 rings (SSSR count). The highest BCUT2D eigenvalue weighted by molar-refractivity contribution is 6.05. The average Bonchev–Trinajstić information content (AvgIpc) is 3.61. The van der Waals surface area contributed by atoms with Crippen molar-refractivity contribution in [1.82, 2.24) is 24.8 Å². The lowest BCUT2D eigenvalue weighted by Gasteiger charge is -2.26. The van der Waals surface area contributed by atoms with E-state index < -0.39 is 23.9 Å². The molecule has 2 fully saturated rings. The normalized spacial score (nSPS) is 21.9. The number of carbonyl (C=O) groups is 2. The lowest BCUT2D eigenvalue weighted by Crippen LogP contribution is -2.40. The van der Waals surface area contributed by atoms with E-state index in [9.17, 15) is 22.8 Å². The first-order valence-corrected chi connectivity index (χ1v) is 13.4. The molecule has 0 bridgehead atoms. The number of nitrogens with one attached hydrogen (secondary N) is 1. The Kier molecular flexibility index (Phi) is 6.36. The highest BCUT2D eigenvalue weighted by Gasteiger charge is 2.42. The Labute approximate surface area is 227 Å².